The van der Waals surface area contributed by atoms with Crippen molar-refractivity contribution in [2.45, 2.75) is 13.0 Å². The number of amides is 1. The summed E-state index contributed by atoms with van der Waals surface area (Å²) in [7, 11) is 0. The molecule has 0 saturated carbocycles. The fourth-order valence-corrected chi connectivity index (χ4v) is 1.65. The molecule has 0 bridgehead atoms. The van der Waals surface area contributed by atoms with Crippen molar-refractivity contribution in [3.63, 3.8) is 0 Å². The fourth-order valence-electron chi connectivity index (χ4n) is 1.65. The van der Waals surface area contributed by atoms with Crippen LogP contribution in [0.2, 0.25) is 0 Å². The second kappa shape index (κ2) is 7.09. The number of para-hydroxylation sites is 1. The molecule has 0 saturated heterocycles. The maximum Gasteiger partial charge on any atom is 0.224 e. The number of aromatic nitrogens is 1. The molecule has 0 aliphatic heterocycles. The van der Waals surface area contributed by atoms with Gasteiger partial charge in [0.25, 0.3) is 0 Å². The molecule has 1 amide bonds. The lowest BCUT2D eigenvalue weighted by Gasteiger charge is -2.10. The van der Waals surface area contributed by atoms with Crippen LogP contribution in [0.15, 0.2) is 61.3 Å². The second-order valence-electron chi connectivity index (χ2n) is 4.15. The summed E-state index contributed by atoms with van der Waals surface area (Å²) in [5, 5.41) is 2.80. The van der Waals surface area contributed by atoms with Crippen LogP contribution in [0.3, 0.4) is 0 Å². The number of carbonyl (C=O) groups is 1. The highest BCUT2D eigenvalue weighted by Crippen LogP contribution is 2.22. The average molecular weight is 268 g/mol. The highest BCUT2D eigenvalue weighted by molar-refractivity contribution is 5.77. The maximum atomic E-state index is 11.4. The van der Waals surface area contributed by atoms with E-state index in [1.54, 1.807) is 12.3 Å². The molecular weight excluding hydrogens is 252 g/mol. The number of rotatable bonds is 6. The summed E-state index contributed by atoms with van der Waals surface area (Å²) in [6.07, 6.45) is 3.53. The zero-order chi connectivity index (χ0) is 14.2. The predicted molar refractivity (Wildman–Crippen MR) is 77.4 cm³/mol. The number of hydrogen-bond acceptors (Lipinski definition) is 3. The third-order valence-corrected chi connectivity index (χ3v) is 2.61. The van der Waals surface area contributed by atoms with Crippen LogP contribution in [-0.4, -0.2) is 10.9 Å². The van der Waals surface area contributed by atoms with Crippen molar-refractivity contribution >= 4 is 5.91 Å². The Morgan fingerprint density at radius 1 is 1.25 bits per heavy atom. The van der Waals surface area contributed by atoms with Gasteiger partial charge in [0.15, 0.2) is 0 Å². The highest BCUT2D eigenvalue weighted by Gasteiger charge is 2.07. The zero-order valence-corrected chi connectivity index (χ0v) is 11.1. The lowest BCUT2D eigenvalue weighted by atomic mass is 10.2. The number of ether oxygens (including phenoxy) is 1. The van der Waals surface area contributed by atoms with Gasteiger partial charge in [0.1, 0.15) is 5.75 Å². The Morgan fingerprint density at radius 3 is 2.80 bits per heavy atom. The van der Waals surface area contributed by atoms with Gasteiger partial charge >= 0.3 is 0 Å². The minimum atomic E-state index is -0.0745. The Labute approximate surface area is 118 Å². The van der Waals surface area contributed by atoms with E-state index in [9.17, 15) is 4.79 Å². The zero-order valence-electron chi connectivity index (χ0n) is 11.1. The second-order valence-corrected chi connectivity index (χ2v) is 4.15. The maximum absolute atomic E-state index is 11.4. The molecule has 1 aromatic carbocycles. The van der Waals surface area contributed by atoms with E-state index in [2.05, 4.69) is 16.9 Å². The first kappa shape index (κ1) is 13.8. The lowest BCUT2D eigenvalue weighted by molar-refractivity contribution is -0.120. The normalized spacial score (nSPS) is 9.80. The van der Waals surface area contributed by atoms with Gasteiger partial charge < -0.3 is 10.1 Å². The fraction of sp³-hybridized carbons (Fsp3) is 0.125. The Morgan fingerprint density at radius 2 is 2.05 bits per heavy atom. The molecule has 1 heterocycles. The van der Waals surface area contributed by atoms with E-state index in [4.69, 9.17) is 4.74 Å². The first-order chi connectivity index (χ1) is 9.79. The minimum Gasteiger partial charge on any atom is -0.439 e. The number of hydrogen-bond donors (Lipinski definition) is 1. The first-order valence-electron chi connectivity index (χ1n) is 6.34. The van der Waals surface area contributed by atoms with E-state index in [0.29, 0.717) is 24.6 Å². The molecule has 2 rings (SSSR count). The van der Waals surface area contributed by atoms with E-state index in [1.807, 2.05) is 42.5 Å². The largest absolute Gasteiger partial charge is 0.439 e. The summed E-state index contributed by atoms with van der Waals surface area (Å²) in [6, 6.07) is 13.1. The number of carbonyl (C=O) groups excluding carboxylic acids is 1. The standard InChI is InChI=1S/C16H16N2O2/c1-2-7-15(19)18-12-13-8-6-11-17-16(13)20-14-9-4-3-5-10-14/h2-6,8-11H,1,7,12H2,(H,18,19). The number of pyridine rings is 1. The SMILES string of the molecule is C=CCC(=O)NCc1cccnc1Oc1ccccc1. The summed E-state index contributed by atoms with van der Waals surface area (Å²) in [5.41, 5.74) is 0.828. The monoisotopic (exact) mass is 268 g/mol. The number of nitrogens with one attached hydrogen (secondary N) is 1. The van der Waals surface area contributed by atoms with E-state index in [1.165, 1.54) is 0 Å². The van der Waals surface area contributed by atoms with E-state index in [-0.39, 0.29) is 5.91 Å². The summed E-state index contributed by atoms with van der Waals surface area (Å²) in [4.78, 5) is 15.6. The summed E-state index contributed by atoms with van der Waals surface area (Å²) >= 11 is 0. The molecule has 0 aliphatic carbocycles. The van der Waals surface area contributed by atoms with Crippen LogP contribution in [0.5, 0.6) is 11.6 Å². The minimum absolute atomic E-state index is 0.0745. The van der Waals surface area contributed by atoms with Crippen LogP contribution in [-0.2, 0) is 11.3 Å². The molecule has 4 heteroatoms. The molecule has 0 radical (unpaired) electrons. The van der Waals surface area contributed by atoms with Gasteiger partial charge in [0.2, 0.25) is 11.8 Å². The van der Waals surface area contributed by atoms with Gasteiger partial charge in [-0.1, -0.05) is 30.3 Å². The molecule has 4 nitrogen and oxygen atoms in total. The van der Waals surface area contributed by atoms with Gasteiger partial charge in [-0.2, -0.15) is 0 Å². The Kier molecular flexibility index (Phi) is 4.89. The quantitative estimate of drug-likeness (QED) is 0.819. The Hall–Kier alpha value is -2.62. The highest BCUT2D eigenvalue weighted by atomic mass is 16.5. The molecule has 0 aliphatic rings. The molecule has 20 heavy (non-hydrogen) atoms. The van der Waals surface area contributed by atoms with Gasteiger partial charge in [-0.25, -0.2) is 4.98 Å². The molecule has 102 valence electrons. The van der Waals surface area contributed by atoms with E-state index >= 15 is 0 Å². The first-order valence-corrected chi connectivity index (χ1v) is 6.34. The molecular formula is C16H16N2O2. The number of nitrogens with zero attached hydrogens (tertiary/aromatic N) is 1. The molecule has 0 unspecified atom stereocenters. The predicted octanol–water partition coefficient (Wildman–Crippen LogP) is 3.07. The van der Waals surface area contributed by atoms with E-state index < -0.39 is 0 Å². The van der Waals surface area contributed by atoms with Crippen molar-refractivity contribution < 1.29 is 9.53 Å². The molecule has 0 atom stereocenters. The van der Waals surface area contributed by atoms with Gasteiger partial charge in [0, 0.05) is 24.7 Å². The summed E-state index contributed by atoms with van der Waals surface area (Å²) in [6.45, 7) is 3.91. The van der Waals surface area contributed by atoms with Crippen LogP contribution >= 0.6 is 0 Å². The van der Waals surface area contributed by atoms with Crippen molar-refractivity contribution in [1.29, 1.82) is 0 Å². The molecule has 2 aromatic rings. The topological polar surface area (TPSA) is 51.2 Å². The smallest absolute Gasteiger partial charge is 0.224 e. The van der Waals surface area contributed by atoms with Crippen LogP contribution in [0, 0.1) is 0 Å². The van der Waals surface area contributed by atoms with Crippen LogP contribution in [0.1, 0.15) is 12.0 Å². The van der Waals surface area contributed by atoms with Gasteiger partial charge in [-0.3, -0.25) is 4.79 Å². The number of benzene rings is 1. The molecule has 0 fully saturated rings. The summed E-state index contributed by atoms with van der Waals surface area (Å²) in [5.74, 6) is 1.14. The van der Waals surface area contributed by atoms with Gasteiger partial charge in [-0.15, -0.1) is 6.58 Å². The van der Waals surface area contributed by atoms with Crippen molar-refractivity contribution in [2.24, 2.45) is 0 Å². The van der Waals surface area contributed by atoms with Crippen molar-refractivity contribution in [2.75, 3.05) is 0 Å². The van der Waals surface area contributed by atoms with Crippen molar-refractivity contribution in [3.05, 3.63) is 66.9 Å². The molecule has 1 N–H and O–H groups in total. The lowest BCUT2D eigenvalue weighted by Crippen LogP contribution is -2.22. The average Bonchev–Trinajstić information content (AvgIpc) is 2.48. The van der Waals surface area contributed by atoms with Crippen LogP contribution < -0.4 is 10.1 Å². The Balaban J connectivity index is 2.06. The third-order valence-electron chi connectivity index (χ3n) is 2.61. The van der Waals surface area contributed by atoms with Gasteiger partial charge in [0.05, 0.1) is 0 Å². The molecule has 1 aromatic heterocycles. The van der Waals surface area contributed by atoms with E-state index in [0.717, 1.165) is 5.56 Å². The van der Waals surface area contributed by atoms with Crippen molar-refractivity contribution in [3.8, 4) is 11.6 Å². The summed E-state index contributed by atoms with van der Waals surface area (Å²) < 4.78 is 5.72. The Bertz CT molecular complexity index is 582. The van der Waals surface area contributed by atoms with Crippen LogP contribution in [0.25, 0.3) is 0 Å². The molecule has 0 spiro atoms. The van der Waals surface area contributed by atoms with Gasteiger partial charge in [-0.05, 0) is 18.2 Å². The third kappa shape index (κ3) is 3.95. The van der Waals surface area contributed by atoms with Crippen LogP contribution in [0.4, 0.5) is 0 Å². The van der Waals surface area contributed by atoms with Crippen molar-refractivity contribution in [1.82, 2.24) is 10.3 Å².